The highest BCUT2D eigenvalue weighted by Gasteiger charge is 2.48. The molecule has 0 saturated carbocycles. The van der Waals surface area contributed by atoms with E-state index in [0.717, 1.165) is 28.2 Å². The number of aliphatic hydroxyl groups excluding tert-OH is 1. The minimum atomic E-state index is -4.59. The molecule has 0 radical (unpaired) electrons. The van der Waals surface area contributed by atoms with Crippen LogP contribution in [0.2, 0.25) is 0 Å². The predicted molar refractivity (Wildman–Crippen MR) is 135 cm³/mol. The van der Waals surface area contributed by atoms with Gasteiger partial charge in [0.2, 0.25) is 5.91 Å². The van der Waals surface area contributed by atoms with Crippen molar-refractivity contribution in [3.63, 3.8) is 0 Å². The Bertz CT molecular complexity index is 1380. The lowest BCUT2D eigenvalue weighted by atomic mass is 9.68. The molecule has 38 heavy (non-hydrogen) atoms. The number of benzene rings is 2. The molecule has 5 rings (SSSR count). The first-order chi connectivity index (χ1) is 18.1. The number of amides is 3. The molecule has 1 spiro atoms. The Balaban J connectivity index is 1.45. The van der Waals surface area contributed by atoms with E-state index in [2.05, 4.69) is 10.3 Å². The van der Waals surface area contributed by atoms with Crippen LogP contribution < -0.4 is 10.1 Å². The van der Waals surface area contributed by atoms with E-state index >= 15 is 0 Å². The number of carbonyl (C=O) groups is 2. The molecule has 0 bridgehead atoms. The summed E-state index contributed by atoms with van der Waals surface area (Å²) in [6.07, 6.45) is -3.60. The Morgan fingerprint density at radius 1 is 1.18 bits per heavy atom. The summed E-state index contributed by atoms with van der Waals surface area (Å²) in [5.41, 5.74) is 0.898. The first-order valence-electron chi connectivity index (χ1n) is 12.4. The van der Waals surface area contributed by atoms with Gasteiger partial charge in [0, 0.05) is 54.6 Å². The molecule has 2 aromatic carbocycles. The van der Waals surface area contributed by atoms with E-state index in [9.17, 15) is 27.9 Å². The molecule has 202 valence electrons. The summed E-state index contributed by atoms with van der Waals surface area (Å²) in [5, 5.41) is 13.6. The molecule has 3 N–H and O–H groups in total. The number of para-hydroxylation sites is 1. The number of aromatic amines is 1. The van der Waals surface area contributed by atoms with E-state index in [4.69, 9.17) is 4.74 Å². The van der Waals surface area contributed by atoms with Crippen LogP contribution in [0.5, 0.6) is 5.75 Å². The zero-order valence-corrected chi connectivity index (χ0v) is 21.1. The normalized spacial score (nSPS) is 18.9. The number of hydrogen-bond donors (Lipinski definition) is 3. The average molecular weight is 531 g/mol. The maximum atomic E-state index is 13.4. The molecule has 1 atom stereocenters. The molecule has 11 heteroatoms. The lowest BCUT2D eigenvalue weighted by Gasteiger charge is -2.50. The van der Waals surface area contributed by atoms with E-state index in [1.54, 1.807) is 12.0 Å². The molecule has 0 unspecified atom stereocenters. The van der Waals surface area contributed by atoms with Gasteiger partial charge in [-0.15, -0.1) is 0 Å². The topological polar surface area (TPSA) is 97.9 Å². The Hall–Kier alpha value is -3.73. The highest BCUT2D eigenvalue weighted by atomic mass is 19.4. The van der Waals surface area contributed by atoms with Gasteiger partial charge in [-0.05, 0) is 42.7 Å². The number of aromatic nitrogens is 1. The second-order valence-electron chi connectivity index (χ2n) is 9.91. The number of H-pyrrole nitrogens is 1. The maximum absolute atomic E-state index is 13.4. The number of methoxy groups -OCH3 is 1. The lowest BCUT2D eigenvalue weighted by molar-refractivity contribution is -0.137. The summed E-state index contributed by atoms with van der Waals surface area (Å²) in [5.74, 6) is 0.494. The Kier molecular flexibility index (Phi) is 6.50. The average Bonchev–Trinajstić information content (AvgIpc) is 3.28. The van der Waals surface area contributed by atoms with E-state index in [1.165, 1.54) is 30.0 Å². The summed E-state index contributed by atoms with van der Waals surface area (Å²) in [7, 11) is 1.58. The largest absolute Gasteiger partial charge is 0.497 e. The summed E-state index contributed by atoms with van der Waals surface area (Å²) in [6.45, 7) is 2.16. The number of hydrogen-bond acceptors (Lipinski definition) is 4. The fourth-order valence-corrected chi connectivity index (χ4v) is 5.92. The number of anilines is 1. The van der Waals surface area contributed by atoms with Gasteiger partial charge in [0.05, 0.1) is 31.0 Å². The van der Waals surface area contributed by atoms with Gasteiger partial charge < -0.3 is 29.9 Å². The van der Waals surface area contributed by atoms with Gasteiger partial charge in [0.25, 0.3) is 0 Å². The number of piperidine rings is 1. The van der Waals surface area contributed by atoms with Gasteiger partial charge in [-0.1, -0.05) is 12.1 Å². The number of fused-ring (bicyclic) bond motifs is 4. The lowest BCUT2D eigenvalue weighted by Crippen LogP contribution is -2.56. The first kappa shape index (κ1) is 25.9. The SMILES string of the molecule is COc1ccc2c3c([nH]c2c1)[C@H](CO)N(C(C)=O)CC31CCN(C(=O)Nc2ccccc2C(F)(F)F)CC1. The van der Waals surface area contributed by atoms with E-state index < -0.39 is 29.2 Å². The van der Waals surface area contributed by atoms with Gasteiger partial charge in [-0.25, -0.2) is 4.79 Å². The number of halogens is 3. The number of urea groups is 1. The molecular formula is C27H29F3N4O4. The summed E-state index contributed by atoms with van der Waals surface area (Å²) in [4.78, 5) is 32.2. The number of rotatable bonds is 3. The van der Waals surface area contributed by atoms with Crippen molar-refractivity contribution in [3.05, 3.63) is 59.3 Å². The van der Waals surface area contributed by atoms with Crippen molar-refractivity contribution in [2.24, 2.45) is 0 Å². The summed E-state index contributed by atoms with van der Waals surface area (Å²) in [6, 6.07) is 9.44. The van der Waals surface area contributed by atoms with Crippen molar-refractivity contribution in [3.8, 4) is 5.75 Å². The Labute approximate surface area is 217 Å². The molecule has 0 aliphatic carbocycles. The Morgan fingerprint density at radius 3 is 2.53 bits per heavy atom. The molecule has 2 aliphatic rings. The highest BCUT2D eigenvalue weighted by Crippen LogP contribution is 2.49. The molecule has 8 nitrogen and oxygen atoms in total. The quantitative estimate of drug-likeness (QED) is 0.459. The van der Waals surface area contributed by atoms with E-state index in [-0.39, 0.29) is 31.3 Å². The van der Waals surface area contributed by atoms with Crippen LogP contribution >= 0.6 is 0 Å². The van der Waals surface area contributed by atoms with Crippen LogP contribution in [0, 0.1) is 0 Å². The van der Waals surface area contributed by atoms with E-state index in [0.29, 0.717) is 25.1 Å². The van der Waals surface area contributed by atoms with Gasteiger partial charge in [0.15, 0.2) is 0 Å². The smallest absolute Gasteiger partial charge is 0.418 e. The number of likely N-dealkylation sites (tertiary alicyclic amines) is 1. The monoisotopic (exact) mass is 530 g/mol. The van der Waals surface area contributed by atoms with Gasteiger partial charge in [-0.3, -0.25) is 4.79 Å². The summed E-state index contributed by atoms with van der Waals surface area (Å²) < 4.78 is 45.6. The molecule has 1 fully saturated rings. The number of nitrogens with one attached hydrogen (secondary N) is 2. The minimum Gasteiger partial charge on any atom is -0.497 e. The molecule has 1 saturated heterocycles. The van der Waals surface area contributed by atoms with Crippen LogP contribution in [0.1, 0.15) is 42.6 Å². The molecule has 2 aliphatic heterocycles. The number of nitrogens with zero attached hydrogens (tertiary/aromatic N) is 2. The predicted octanol–water partition coefficient (Wildman–Crippen LogP) is 4.66. The van der Waals surface area contributed by atoms with Crippen LogP contribution in [-0.4, -0.2) is 65.2 Å². The molecule has 1 aromatic heterocycles. The van der Waals surface area contributed by atoms with Crippen molar-refractivity contribution in [1.29, 1.82) is 0 Å². The van der Waals surface area contributed by atoms with Crippen LogP contribution in [-0.2, 0) is 16.4 Å². The number of carbonyl (C=O) groups excluding carboxylic acids is 2. The number of ether oxygens (including phenoxy) is 1. The van der Waals surface area contributed by atoms with Crippen molar-refractivity contribution in [2.75, 3.05) is 38.7 Å². The molecular weight excluding hydrogens is 501 g/mol. The minimum absolute atomic E-state index is 0.172. The van der Waals surface area contributed by atoms with Crippen molar-refractivity contribution < 1.29 is 32.6 Å². The van der Waals surface area contributed by atoms with Gasteiger partial charge in [0.1, 0.15) is 5.75 Å². The van der Waals surface area contributed by atoms with Gasteiger partial charge >= 0.3 is 12.2 Å². The zero-order valence-electron chi connectivity index (χ0n) is 21.1. The highest BCUT2D eigenvalue weighted by molar-refractivity contribution is 5.91. The summed E-state index contributed by atoms with van der Waals surface area (Å²) >= 11 is 0. The third-order valence-corrected chi connectivity index (χ3v) is 7.81. The van der Waals surface area contributed by atoms with Crippen LogP contribution in [0.4, 0.5) is 23.7 Å². The number of alkyl halides is 3. The van der Waals surface area contributed by atoms with Crippen molar-refractivity contribution in [2.45, 2.75) is 37.4 Å². The van der Waals surface area contributed by atoms with Crippen LogP contribution in [0.3, 0.4) is 0 Å². The second-order valence-corrected chi connectivity index (χ2v) is 9.91. The van der Waals surface area contributed by atoms with Crippen LogP contribution in [0.25, 0.3) is 10.9 Å². The molecule has 3 amide bonds. The van der Waals surface area contributed by atoms with Crippen LogP contribution in [0.15, 0.2) is 42.5 Å². The maximum Gasteiger partial charge on any atom is 0.418 e. The van der Waals surface area contributed by atoms with Crippen molar-refractivity contribution >= 4 is 28.5 Å². The third-order valence-electron chi connectivity index (χ3n) is 7.81. The standard InChI is InChI=1S/C27H29F3N4O4/c1-16(36)34-15-26(23-18-8-7-17(38-2)13-21(18)31-24(23)22(34)14-35)9-11-33(12-10-26)25(37)32-20-6-4-3-5-19(20)27(28,29)30/h3-8,13,22,31,35H,9-12,14-15H2,1-2H3,(H,32,37)/t22-/m0/s1. The third kappa shape index (κ3) is 4.34. The Morgan fingerprint density at radius 2 is 1.89 bits per heavy atom. The molecule has 3 heterocycles. The fraction of sp³-hybridized carbons (Fsp3) is 0.407. The van der Waals surface area contributed by atoms with E-state index in [1.807, 2.05) is 18.2 Å². The first-order valence-corrected chi connectivity index (χ1v) is 12.4. The second kappa shape index (κ2) is 9.54. The fourth-order valence-electron chi connectivity index (χ4n) is 5.92. The number of aliphatic hydroxyl groups is 1. The molecule has 3 aromatic rings. The van der Waals surface area contributed by atoms with Gasteiger partial charge in [-0.2, -0.15) is 13.2 Å². The zero-order chi connectivity index (χ0) is 27.2. The van der Waals surface area contributed by atoms with Crippen molar-refractivity contribution in [1.82, 2.24) is 14.8 Å².